The minimum absolute atomic E-state index is 0.175. The molecule has 0 fully saturated rings. The molecule has 2 nitrogen and oxygen atoms in total. The van der Waals surface area contributed by atoms with E-state index in [1.807, 2.05) is 30.3 Å². The molecule has 0 heterocycles. The average Bonchev–Trinajstić information content (AvgIpc) is 2.47. The topological polar surface area (TPSA) is 21.3 Å². The molecule has 0 aromatic heterocycles. The van der Waals surface area contributed by atoms with Gasteiger partial charge in [0.1, 0.15) is 11.6 Å². The number of hydrogen-bond donors (Lipinski definition) is 1. The zero-order valence-electron chi connectivity index (χ0n) is 11.9. The third-order valence-electron chi connectivity index (χ3n) is 3.03. The summed E-state index contributed by atoms with van der Waals surface area (Å²) in [7, 11) is 0. The average molecular weight is 273 g/mol. The Bertz CT molecular complexity index is 569. The van der Waals surface area contributed by atoms with Gasteiger partial charge in [0.15, 0.2) is 0 Å². The van der Waals surface area contributed by atoms with Crippen LogP contribution in [-0.4, -0.2) is 6.61 Å². The first kappa shape index (κ1) is 14.4. The number of nitrogens with one attached hydrogen (secondary N) is 1. The Morgan fingerprint density at radius 3 is 2.75 bits per heavy atom. The zero-order chi connectivity index (χ0) is 14.4. The van der Waals surface area contributed by atoms with Crippen molar-refractivity contribution in [2.45, 2.75) is 26.8 Å². The summed E-state index contributed by atoms with van der Waals surface area (Å²) in [6, 6.07) is 13.1. The lowest BCUT2D eigenvalue weighted by molar-refractivity contribution is 0.317. The second kappa shape index (κ2) is 6.94. The Morgan fingerprint density at radius 2 is 2.00 bits per heavy atom. The largest absolute Gasteiger partial charge is 0.494 e. The van der Waals surface area contributed by atoms with E-state index in [0.717, 1.165) is 30.0 Å². The summed E-state index contributed by atoms with van der Waals surface area (Å²) in [5.41, 5.74) is 2.71. The molecule has 2 rings (SSSR count). The van der Waals surface area contributed by atoms with Crippen molar-refractivity contribution in [2.24, 2.45) is 0 Å². The molecule has 2 aromatic rings. The molecule has 0 saturated heterocycles. The highest BCUT2D eigenvalue weighted by molar-refractivity contribution is 5.46. The van der Waals surface area contributed by atoms with Crippen LogP contribution in [0.5, 0.6) is 5.75 Å². The maximum Gasteiger partial charge on any atom is 0.126 e. The molecule has 0 spiro atoms. The van der Waals surface area contributed by atoms with E-state index in [2.05, 4.69) is 12.2 Å². The first-order valence-electron chi connectivity index (χ1n) is 6.91. The second-order valence-corrected chi connectivity index (χ2v) is 4.81. The Hall–Kier alpha value is -2.03. The molecule has 0 bridgehead atoms. The van der Waals surface area contributed by atoms with Gasteiger partial charge in [-0.25, -0.2) is 4.39 Å². The molecule has 0 saturated carbocycles. The van der Waals surface area contributed by atoms with E-state index in [1.54, 1.807) is 13.0 Å². The Balaban J connectivity index is 1.97. The van der Waals surface area contributed by atoms with Crippen molar-refractivity contribution in [3.8, 4) is 5.75 Å². The van der Waals surface area contributed by atoms with Crippen LogP contribution in [0.15, 0.2) is 42.5 Å². The molecule has 0 amide bonds. The van der Waals surface area contributed by atoms with E-state index >= 15 is 0 Å². The summed E-state index contributed by atoms with van der Waals surface area (Å²) in [5, 5.41) is 3.29. The summed E-state index contributed by atoms with van der Waals surface area (Å²) in [4.78, 5) is 0. The number of rotatable bonds is 6. The predicted molar refractivity (Wildman–Crippen MR) is 80.7 cm³/mol. The maximum absolute atomic E-state index is 13.2. The molecular weight excluding hydrogens is 253 g/mol. The van der Waals surface area contributed by atoms with Crippen molar-refractivity contribution in [2.75, 3.05) is 11.9 Å². The van der Waals surface area contributed by atoms with Crippen molar-refractivity contribution < 1.29 is 9.13 Å². The van der Waals surface area contributed by atoms with Gasteiger partial charge in [-0.2, -0.15) is 0 Å². The molecule has 2 aromatic carbocycles. The Labute approximate surface area is 119 Å². The fourth-order valence-electron chi connectivity index (χ4n) is 1.92. The van der Waals surface area contributed by atoms with Gasteiger partial charge in [0.25, 0.3) is 0 Å². The van der Waals surface area contributed by atoms with E-state index in [0.29, 0.717) is 12.1 Å². The molecule has 0 aliphatic carbocycles. The predicted octanol–water partition coefficient (Wildman–Crippen LogP) is 4.54. The van der Waals surface area contributed by atoms with E-state index in [4.69, 9.17) is 4.74 Å². The van der Waals surface area contributed by atoms with E-state index in [-0.39, 0.29) is 5.82 Å². The molecule has 106 valence electrons. The first-order chi connectivity index (χ1) is 9.69. The number of hydrogen-bond acceptors (Lipinski definition) is 2. The van der Waals surface area contributed by atoms with E-state index in [9.17, 15) is 4.39 Å². The van der Waals surface area contributed by atoms with Crippen molar-refractivity contribution in [3.05, 3.63) is 59.4 Å². The highest BCUT2D eigenvalue weighted by Crippen LogP contribution is 2.17. The molecule has 0 unspecified atom stereocenters. The van der Waals surface area contributed by atoms with Crippen LogP contribution >= 0.6 is 0 Å². The highest BCUT2D eigenvalue weighted by atomic mass is 19.1. The van der Waals surface area contributed by atoms with Crippen molar-refractivity contribution in [1.29, 1.82) is 0 Å². The van der Waals surface area contributed by atoms with Gasteiger partial charge in [-0.3, -0.25) is 0 Å². The number of aryl methyl sites for hydroxylation is 1. The monoisotopic (exact) mass is 273 g/mol. The lowest BCUT2D eigenvalue weighted by Gasteiger charge is -2.10. The fraction of sp³-hybridized carbons (Fsp3) is 0.294. The number of ether oxygens (including phenoxy) is 1. The van der Waals surface area contributed by atoms with Crippen molar-refractivity contribution in [1.82, 2.24) is 0 Å². The van der Waals surface area contributed by atoms with Crippen molar-refractivity contribution in [3.63, 3.8) is 0 Å². The van der Waals surface area contributed by atoms with Gasteiger partial charge in [-0.1, -0.05) is 19.1 Å². The minimum atomic E-state index is -0.175. The summed E-state index contributed by atoms with van der Waals surface area (Å²) in [5.74, 6) is 0.715. The molecular formula is C17H20FNO. The normalized spacial score (nSPS) is 10.3. The van der Waals surface area contributed by atoms with Crippen LogP contribution in [0, 0.1) is 12.7 Å². The van der Waals surface area contributed by atoms with Crippen LogP contribution in [0.3, 0.4) is 0 Å². The highest BCUT2D eigenvalue weighted by Gasteiger charge is 2.00. The summed E-state index contributed by atoms with van der Waals surface area (Å²) < 4.78 is 18.8. The molecule has 0 atom stereocenters. The lowest BCUT2D eigenvalue weighted by atomic mass is 10.2. The van der Waals surface area contributed by atoms with E-state index in [1.165, 1.54) is 6.07 Å². The fourth-order valence-corrected chi connectivity index (χ4v) is 1.92. The SMILES string of the molecule is CCCOc1cccc(CNc2ccc(F)c(C)c2)c1. The van der Waals surface area contributed by atoms with Crippen LogP contribution in [0.1, 0.15) is 24.5 Å². The van der Waals surface area contributed by atoms with Crippen molar-refractivity contribution >= 4 is 5.69 Å². The van der Waals surface area contributed by atoms with E-state index < -0.39 is 0 Å². The summed E-state index contributed by atoms with van der Waals surface area (Å²) >= 11 is 0. The van der Waals surface area contributed by atoms with Crippen LogP contribution in [-0.2, 0) is 6.54 Å². The quantitative estimate of drug-likeness (QED) is 0.834. The standard InChI is InChI=1S/C17H20FNO/c1-3-9-20-16-6-4-5-14(11-16)12-19-15-7-8-17(18)13(2)10-15/h4-8,10-11,19H,3,9,12H2,1-2H3. The molecule has 1 N–H and O–H groups in total. The van der Waals surface area contributed by atoms with Crippen LogP contribution in [0.2, 0.25) is 0 Å². The van der Waals surface area contributed by atoms with Gasteiger partial charge < -0.3 is 10.1 Å². The second-order valence-electron chi connectivity index (χ2n) is 4.81. The third kappa shape index (κ3) is 3.98. The van der Waals surface area contributed by atoms with Gasteiger partial charge >= 0.3 is 0 Å². The lowest BCUT2D eigenvalue weighted by Crippen LogP contribution is -2.01. The Kier molecular flexibility index (Phi) is 4.99. The molecule has 0 aliphatic heterocycles. The van der Waals surface area contributed by atoms with Gasteiger partial charge in [-0.15, -0.1) is 0 Å². The smallest absolute Gasteiger partial charge is 0.126 e. The number of benzene rings is 2. The van der Waals surface area contributed by atoms with Crippen LogP contribution in [0.25, 0.3) is 0 Å². The third-order valence-corrected chi connectivity index (χ3v) is 3.03. The Morgan fingerprint density at radius 1 is 1.15 bits per heavy atom. The minimum Gasteiger partial charge on any atom is -0.494 e. The van der Waals surface area contributed by atoms with Gasteiger partial charge in [0, 0.05) is 12.2 Å². The molecule has 3 heteroatoms. The first-order valence-corrected chi connectivity index (χ1v) is 6.91. The number of halogens is 1. The zero-order valence-corrected chi connectivity index (χ0v) is 11.9. The van der Waals surface area contributed by atoms with Gasteiger partial charge in [0.2, 0.25) is 0 Å². The summed E-state index contributed by atoms with van der Waals surface area (Å²) in [6.45, 7) is 5.27. The molecule has 0 radical (unpaired) electrons. The summed E-state index contributed by atoms with van der Waals surface area (Å²) in [6.07, 6.45) is 0.997. The molecule has 0 aliphatic rings. The van der Waals surface area contributed by atoms with Crippen LogP contribution < -0.4 is 10.1 Å². The number of anilines is 1. The van der Waals surface area contributed by atoms with Gasteiger partial charge in [0.05, 0.1) is 6.61 Å². The van der Waals surface area contributed by atoms with Crippen LogP contribution in [0.4, 0.5) is 10.1 Å². The molecule has 20 heavy (non-hydrogen) atoms. The maximum atomic E-state index is 13.2. The van der Waals surface area contributed by atoms with Gasteiger partial charge in [-0.05, 0) is 54.8 Å².